The Kier molecular flexibility index (Phi) is 3.91. The van der Waals surface area contributed by atoms with Crippen molar-refractivity contribution < 1.29 is 14.3 Å². The van der Waals surface area contributed by atoms with Gasteiger partial charge in [0, 0.05) is 26.6 Å². The first-order valence-corrected chi connectivity index (χ1v) is 7.75. The lowest BCUT2D eigenvalue weighted by atomic mass is 9.96. The molecule has 2 aliphatic heterocycles. The van der Waals surface area contributed by atoms with Crippen molar-refractivity contribution in [3.63, 3.8) is 0 Å². The Morgan fingerprint density at radius 2 is 1.86 bits per heavy atom. The first-order chi connectivity index (χ1) is 10.5. The Balaban J connectivity index is 1.75. The summed E-state index contributed by atoms with van der Waals surface area (Å²) in [6, 6.07) is 8.23. The molecule has 2 amide bonds. The van der Waals surface area contributed by atoms with Gasteiger partial charge in [-0.15, -0.1) is 0 Å². The quantitative estimate of drug-likeness (QED) is 0.783. The van der Waals surface area contributed by atoms with E-state index in [1.807, 2.05) is 17.0 Å². The molecular weight excluding hydrogens is 280 g/mol. The van der Waals surface area contributed by atoms with Gasteiger partial charge in [0.05, 0.1) is 13.2 Å². The van der Waals surface area contributed by atoms with E-state index in [4.69, 9.17) is 4.74 Å². The number of hydrogen-bond donors (Lipinski definition) is 0. The van der Waals surface area contributed by atoms with E-state index >= 15 is 0 Å². The highest BCUT2D eigenvalue weighted by Gasteiger charge is 2.43. The molecule has 1 unspecified atom stereocenters. The predicted octanol–water partition coefficient (Wildman–Crippen LogP) is 1.21. The smallest absolute Gasteiger partial charge is 0.256 e. The van der Waals surface area contributed by atoms with Crippen molar-refractivity contribution >= 4 is 11.8 Å². The molecule has 0 N–H and O–H groups in total. The number of hydrogen-bond acceptors (Lipinski definition) is 3. The van der Waals surface area contributed by atoms with Crippen LogP contribution in [0.4, 0.5) is 0 Å². The van der Waals surface area contributed by atoms with Crippen molar-refractivity contribution in [3.05, 3.63) is 35.4 Å². The number of morpholine rings is 1. The van der Waals surface area contributed by atoms with Gasteiger partial charge in [0.1, 0.15) is 0 Å². The fourth-order valence-electron chi connectivity index (χ4n) is 3.27. The van der Waals surface area contributed by atoms with E-state index in [-0.39, 0.29) is 11.8 Å². The molecule has 0 saturated carbocycles. The summed E-state index contributed by atoms with van der Waals surface area (Å²) in [7, 11) is 0. The van der Waals surface area contributed by atoms with Crippen LogP contribution >= 0.6 is 0 Å². The molecule has 1 aromatic carbocycles. The molecule has 0 bridgehead atoms. The Morgan fingerprint density at radius 1 is 1.14 bits per heavy atom. The highest BCUT2D eigenvalue weighted by atomic mass is 16.5. The molecule has 5 nitrogen and oxygen atoms in total. The van der Waals surface area contributed by atoms with Crippen molar-refractivity contribution in [3.8, 4) is 0 Å². The molecule has 5 heteroatoms. The lowest BCUT2D eigenvalue weighted by Gasteiger charge is -2.42. The number of benzene rings is 1. The zero-order valence-electron chi connectivity index (χ0n) is 13.2. The lowest BCUT2D eigenvalue weighted by molar-refractivity contribution is -0.171. The fraction of sp³-hybridized carbons (Fsp3) is 0.529. The SMILES string of the molecule is CC(=O)N1CCOC(C)(C(=O)N2CCc3ccccc3C2)C1. The maximum absolute atomic E-state index is 12.9. The predicted molar refractivity (Wildman–Crippen MR) is 82.2 cm³/mol. The van der Waals surface area contributed by atoms with Crippen molar-refractivity contribution in [2.24, 2.45) is 0 Å². The number of nitrogens with zero attached hydrogens (tertiary/aromatic N) is 2. The molecule has 118 valence electrons. The van der Waals surface area contributed by atoms with Gasteiger partial charge < -0.3 is 14.5 Å². The molecule has 2 aliphatic rings. The maximum atomic E-state index is 12.9. The largest absolute Gasteiger partial charge is 0.362 e. The van der Waals surface area contributed by atoms with Crippen LogP contribution in [0.25, 0.3) is 0 Å². The highest BCUT2D eigenvalue weighted by molar-refractivity contribution is 5.86. The van der Waals surface area contributed by atoms with E-state index in [1.54, 1.807) is 11.8 Å². The second-order valence-corrected chi connectivity index (χ2v) is 6.27. The lowest BCUT2D eigenvalue weighted by Crippen LogP contribution is -2.60. The number of amides is 2. The average Bonchev–Trinajstić information content (AvgIpc) is 2.53. The second-order valence-electron chi connectivity index (χ2n) is 6.27. The van der Waals surface area contributed by atoms with E-state index in [0.29, 0.717) is 32.8 Å². The Bertz CT molecular complexity index is 601. The first kappa shape index (κ1) is 15.0. The van der Waals surface area contributed by atoms with Crippen LogP contribution in [0.15, 0.2) is 24.3 Å². The molecule has 22 heavy (non-hydrogen) atoms. The molecule has 1 fully saturated rings. The number of rotatable bonds is 1. The summed E-state index contributed by atoms with van der Waals surface area (Å²) in [5.74, 6) is -0.0285. The third-order valence-corrected chi connectivity index (χ3v) is 4.59. The van der Waals surface area contributed by atoms with Gasteiger partial charge in [0.2, 0.25) is 5.91 Å². The summed E-state index contributed by atoms with van der Waals surface area (Å²) in [5.41, 5.74) is 1.58. The van der Waals surface area contributed by atoms with Crippen molar-refractivity contribution in [2.45, 2.75) is 32.4 Å². The third kappa shape index (κ3) is 2.73. The van der Waals surface area contributed by atoms with Crippen LogP contribution in [0.1, 0.15) is 25.0 Å². The van der Waals surface area contributed by atoms with Crippen molar-refractivity contribution in [2.75, 3.05) is 26.2 Å². The summed E-state index contributed by atoms with van der Waals surface area (Å²) < 4.78 is 5.76. The van der Waals surface area contributed by atoms with Crippen LogP contribution in [0.2, 0.25) is 0 Å². The molecule has 1 aromatic rings. The normalized spacial score (nSPS) is 24.8. The minimum atomic E-state index is -0.934. The van der Waals surface area contributed by atoms with Crippen LogP contribution in [0.5, 0.6) is 0 Å². The number of carbonyl (C=O) groups is 2. The van der Waals surface area contributed by atoms with Crippen molar-refractivity contribution in [1.82, 2.24) is 9.80 Å². The Labute approximate surface area is 130 Å². The van der Waals surface area contributed by atoms with E-state index < -0.39 is 5.60 Å². The van der Waals surface area contributed by atoms with Crippen molar-refractivity contribution in [1.29, 1.82) is 0 Å². The van der Waals surface area contributed by atoms with Crippen LogP contribution in [-0.4, -0.2) is 53.5 Å². The standard InChI is InChI=1S/C17H22N2O3/c1-13(20)19-9-10-22-17(2,12-19)16(21)18-8-7-14-5-3-4-6-15(14)11-18/h3-6H,7-12H2,1-2H3. The van der Waals surface area contributed by atoms with E-state index in [2.05, 4.69) is 12.1 Å². The van der Waals surface area contributed by atoms with Gasteiger partial charge in [-0.05, 0) is 24.5 Å². The topological polar surface area (TPSA) is 49.9 Å². The minimum Gasteiger partial charge on any atom is -0.362 e. The van der Waals surface area contributed by atoms with Gasteiger partial charge in [0.25, 0.3) is 5.91 Å². The summed E-state index contributed by atoms with van der Waals surface area (Å²) >= 11 is 0. The molecule has 2 heterocycles. The van der Waals surface area contributed by atoms with Crippen LogP contribution in [-0.2, 0) is 27.3 Å². The van der Waals surface area contributed by atoms with Gasteiger partial charge >= 0.3 is 0 Å². The maximum Gasteiger partial charge on any atom is 0.256 e. The first-order valence-electron chi connectivity index (χ1n) is 7.75. The van der Waals surface area contributed by atoms with E-state index in [0.717, 1.165) is 6.42 Å². The Hall–Kier alpha value is -1.88. The van der Waals surface area contributed by atoms with Gasteiger partial charge in [-0.3, -0.25) is 9.59 Å². The molecular formula is C17H22N2O3. The van der Waals surface area contributed by atoms with Gasteiger partial charge in [-0.25, -0.2) is 0 Å². The Morgan fingerprint density at radius 3 is 2.59 bits per heavy atom. The van der Waals surface area contributed by atoms with Crippen LogP contribution in [0.3, 0.4) is 0 Å². The summed E-state index contributed by atoms with van der Waals surface area (Å²) in [5, 5.41) is 0. The van der Waals surface area contributed by atoms with Gasteiger partial charge in [-0.2, -0.15) is 0 Å². The molecule has 1 atom stereocenters. The second kappa shape index (κ2) is 5.72. The van der Waals surface area contributed by atoms with E-state index in [1.165, 1.54) is 18.1 Å². The van der Waals surface area contributed by atoms with Crippen LogP contribution in [0, 0.1) is 0 Å². The van der Waals surface area contributed by atoms with Crippen LogP contribution < -0.4 is 0 Å². The minimum absolute atomic E-state index is 0.00804. The number of carbonyl (C=O) groups excluding carboxylic acids is 2. The fourth-order valence-corrected chi connectivity index (χ4v) is 3.27. The molecule has 0 aromatic heterocycles. The molecule has 0 aliphatic carbocycles. The van der Waals surface area contributed by atoms with Gasteiger partial charge in [-0.1, -0.05) is 24.3 Å². The molecule has 3 rings (SSSR count). The van der Waals surface area contributed by atoms with Gasteiger partial charge in [0.15, 0.2) is 5.60 Å². The molecule has 0 spiro atoms. The molecule has 1 saturated heterocycles. The summed E-state index contributed by atoms with van der Waals surface area (Å²) in [6.45, 7) is 5.95. The third-order valence-electron chi connectivity index (χ3n) is 4.59. The average molecular weight is 302 g/mol. The summed E-state index contributed by atoms with van der Waals surface area (Å²) in [4.78, 5) is 28.1. The number of fused-ring (bicyclic) bond motifs is 1. The number of ether oxygens (including phenoxy) is 1. The monoisotopic (exact) mass is 302 g/mol. The van der Waals surface area contributed by atoms with E-state index in [9.17, 15) is 9.59 Å². The highest BCUT2D eigenvalue weighted by Crippen LogP contribution is 2.25. The zero-order chi connectivity index (χ0) is 15.7. The molecule has 0 radical (unpaired) electrons. The zero-order valence-corrected chi connectivity index (χ0v) is 13.2. The summed E-state index contributed by atoms with van der Waals surface area (Å²) in [6.07, 6.45) is 0.869.